The minimum absolute atomic E-state index is 0.0734. The Morgan fingerprint density at radius 1 is 1.31 bits per heavy atom. The van der Waals surface area contributed by atoms with Crippen molar-refractivity contribution in [2.75, 3.05) is 0 Å². The molecule has 0 saturated carbocycles. The van der Waals surface area contributed by atoms with Crippen LogP contribution < -0.4 is 0 Å². The predicted octanol–water partition coefficient (Wildman–Crippen LogP) is 0.698. The van der Waals surface area contributed by atoms with Gasteiger partial charge in [0.05, 0.1) is 0 Å². The summed E-state index contributed by atoms with van der Waals surface area (Å²) in [5.41, 5.74) is 0. The summed E-state index contributed by atoms with van der Waals surface area (Å²) < 4.78 is 16.4. The van der Waals surface area contributed by atoms with E-state index in [0.717, 1.165) is 6.29 Å². The quantitative estimate of drug-likeness (QED) is 0.565. The van der Waals surface area contributed by atoms with E-state index < -0.39 is 5.79 Å². The number of ether oxygens (including phenoxy) is 3. The van der Waals surface area contributed by atoms with Gasteiger partial charge in [0.25, 0.3) is 0 Å². The van der Waals surface area contributed by atoms with E-state index in [0.29, 0.717) is 0 Å². The Morgan fingerprint density at radius 3 is 2.54 bits per heavy atom. The number of fused-ring (bicyclic) bond motifs is 1. The lowest BCUT2D eigenvalue weighted by Gasteiger charge is -2.21. The molecular weight excluding hydrogens is 172 g/mol. The summed E-state index contributed by atoms with van der Waals surface area (Å²) in [7, 11) is 0. The Labute approximate surface area is 77.1 Å². The molecule has 74 valence electrons. The summed E-state index contributed by atoms with van der Waals surface area (Å²) in [5, 5.41) is 0. The molecule has 0 N–H and O–H groups in total. The van der Waals surface area contributed by atoms with Crippen molar-refractivity contribution in [3.05, 3.63) is 0 Å². The summed E-state index contributed by atoms with van der Waals surface area (Å²) in [5.74, 6) is -0.512. The minimum Gasteiger partial charge on any atom is -0.341 e. The first-order chi connectivity index (χ1) is 6.03. The molecule has 0 aliphatic carbocycles. The van der Waals surface area contributed by atoms with Crippen molar-refractivity contribution >= 4 is 6.29 Å². The van der Waals surface area contributed by atoms with Crippen molar-refractivity contribution in [1.29, 1.82) is 0 Å². The minimum atomic E-state index is -0.586. The fourth-order valence-electron chi connectivity index (χ4n) is 1.84. The normalized spacial score (nSPS) is 47.6. The van der Waals surface area contributed by atoms with Gasteiger partial charge in [-0.05, 0) is 13.8 Å². The SMILES string of the molecule is CC1[C@@H](C=O)O[C@H]2OC(C)(C)O[C@@H]12. The Hall–Kier alpha value is -0.450. The van der Waals surface area contributed by atoms with Gasteiger partial charge < -0.3 is 19.0 Å². The van der Waals surface area contributed by atoms with Crippen molar-refractivity contribution in [3.63, 3.8) is 0 Å². The topological polar surface area (TPSA) is 44.8 Å². The molecule has 0 aromatic carbocycles. The fraction of sp³-hybridized carbons (Fsp3) is 0.889. The Kier molecular flexibility index (Phi) is 1.94. The van der Waals surface area contributed by atoms with E-state index in [9.17, 15) is 4.79 Å². The van der Waals surface area contributed by atoms with Gasteiger partial charge in [-0.15, -0.1) is 0 Å². The lowest BCUT2D eigenvalue weighted by molar-refractivity contribution is -0.207. The molecular formula is C9H14O4. The van der Waals surface area contributed by atoms with Crippen molar-refractivity contribution in [1.82, 2.24) is 0 Å². The molecule has 2 rings (SSSR count). The monoisotopic (exact) mass is 186 g/mol. The highest BCUT2D eigenvalue weighted by Gasteiger charge is 2.52. The third-order valence-corrected chi connectivity index (χ3v) is 2.55. The van der Waals surface area contributed by atoms with Crippen LogP contribution in [0.25, 0.3) is 0 Å². The van der Waals surface area contributed by atoms with E-state index in [1.807, 2.05) is 20.8 Å². The standard InChI is InChI=1S/C9H14O4/c1-5-6(4-10)11-8-7(5)12-9(2,3)13-8/h4-8H,1-3H3/t5?,6-,7+,8+/m1/s1. The van der Waals surface area contributed by atoms with Crippen molar-refractivity contribution in [2.45, 2.75) is 45.1 Å². The first kappa shape index (κ1) is 9.12. The molecule has 0 amide bonds. The van der Waals surface area contributed by atoms with Gasteiger partial charge in [0, 0.05) is 5.92 Å². The Morgan fingerprint density at radius 2 is 2.00 bits per heavy atom. The number of aldehydes is 1. The van der Waals surface area contributed by atoms with E-state index in [4.69, 9.17) is 14.2 Å². The summed E-state index contributed by atoms with van der Waals surface area (Å²) in [6.07, 6.45) is -0.0561. The molecule has 0 aromatic heterocycles. The van der Waals surface area contributed by atoms with Crippen LogP contribution in [0.2, 0.25) is 0 Å². The maximum Gasteiger partial charge on any atom is 0.188 e. The molecule has 0 aromatic rings. The lowest BCUT2D eigenvalue weighted by Crippen LogP contribution is -2.29. The van der Waals surface area contributed by atoms with Gasteiger partial charge in [0.15, 0.2) is 12.1 Å². The number of hydrogen-bond donors (Lipinski definition) is 0. The number of rotatable bonds is 1. The maximum absolute atomic E-state index is 10.6. The van der Waals surface area contributed by atoms with Gasteiger partial charge in [-0.3, -0.25) is 0 Å². The van der Waals surface area contributed by atoms with E-state index in [1.54, 1.807) is 0 Å². The van der Waals surface area contributed by atoms with E-state index >= 15 is 0 Å². The highest BCUT2D eigenvalue weighted by molar-refractivity contribution is 5.57. The van der Waals surface area contributed by atoms with Crippen LogP contribution in [-0.2, 0) is 19.0 Å². The van der Waals surface area contributed by atoms with Crippen LogP contribution in [0.3, 0.4) is 0 Å². The summed E-state index contributed by atoms with van der Waals surface area (Å²) in [6, 6.07) is 0. The van der Waals surface area contributed by atoms with Crippen LogP contribution in [0.4, 0.5) is 0 Å². The second-order valence-electron chi connectivity index (χ2n) is 4.06. The average molecular weight is 186 g/mol. The van der Waals surface area contributed by atoms with Gasteiger partial charge in [-0.25, -0.2) is 0 Å². The summed E-state index contributed by atoms with van der Waals surface area (Å²) in [4.78, 5) is 10.6. The van der Waals surface area contributed by atoms with Gasteiger partial charge in [-0.2, -0.15) is 0 Å². The van der Waals surface area contributed by atoms with Crippen LogP contribution in [-0.4, -0.2) is 30.6 Å². The first-order valence-corrected chi connectivity index (χ1v) is 4.50. The van der Waals surface area contributed by atoms with E-state index in [2.05, 4.69) is 0 Å². The number of hydrogen-bond acceptors (Lipinski definition) is 4. The third kappa shape index (κ3) is 1.39. The highest BCUT2D eigenvalue weighted by atomic mass is 16.8. The lowest BCUT2D eigenvalue weighted by atomic mass is 10.0. The van der Waals surface area contributed by atoms with Crippen molar-refractivity contribution in [3.8, 4) is 0 Å². The largest absolute Gasteiger partial charge is 0.341 e. The zero-order valence-electron chi connectivity index (χ0n) is 8.02. The molecule has 4 heteroatoms. The van der Waals surface area contributed by atoms with Crippen LogP contribution in [0.15, 0.2) is 0 Å². The smallest absolute Gasteiger partial charge is 0.188 e. The van der Waals surface area contributed by atoms with Crippen molar-refractivity contribution < 1.29 is 19.0 Å². The van der Waals surface area contributed by atoms with E-state index in [-0.39, 0.29) is 24.4 Å². The third-order valence-electron chi connectivity index (χ3n) is 2.55. The fourth-order valence-corrected chi connectivity index (χ4v) is 1.84. The van der Waals surface area contributed by atoms with E-state index in [1.165, 1.54) is 0 Å². The first-order valence-electron chi connectivity index (χ1n) is 4.50. The van der Waals surface area contributed by atoms with Crippen LogP contribution in [0.1, 0.15) is 20.8 Å². The Bertz CT molecular complexity index is 226. The molecule has 13 heavy (non-hydrogen) atoms. The molecule has 0 radical (unpaired) electrons. The highest BCUT2D eigenvalue weighted by Crippen LogP contribution is 2.39. The zero-order chi connectivity index (χ0) is 9.64. The number of carbonyl (C=O) groups is 1. The van der Waals surface area contributed by atoms with Crippen LogP contribution in [0.5, 0.6) is 0 Å². The second kappa shape index (κ2) is 2.77. The predicted molar refractivity (Wildman–Crippen MR) is 43.9 cm³/mol. The van der Waals surface area contributed by atoms with Gasteiger partial charge >= 0.3 is 0 Å². The van der Waals surface area contributed by atoms with Gasteiger partial charge in [0.1, 0.15) is 18.5 Å². The molecule has 2 heterocycles. The molecule has 0 bridgehead atoms. The molecule has 0 spiro atoms. The average Bonchev–Trinajstić information content (AvgIpc) is 2.47. The number of carbonyl (C=O) groups excluding carboxylic acids is 1. The maximum atomic E-state index is 10.6. The molecule has 2 saturated heterocycles. The molecule has 2 aliphatic rings. The van der Waals surface area contributed by atoms with Crippen molar-refractivity contribution in [2.24, 2.45) is 5.92 Å². The molecule has 2 aliphatic heterocycles. The summed E-state index contributed by atoms with van der Waals surface area (Å²) >= 11 is 0. The Balaban J connectivity index is 2.11. The van der Waals surface area contributed by atoms with Crippen LogP contribution >= 0.6 is 0 Å². The molecule has 1 unspecified atom stereocenters. The van der Waals surface area contributed by atoms with Gasteiger partial charge in [0.2, 0.25) is 0 Å². The second-order valence-corrected chi connectivity index (χ2v) is 4.06. The van der Waals surface area contributed by atoms with Crippen LogP contribution in [0, 0.1) is 5.92 Å². The molecule has 4 nitrogen and oxygen atoms in total. The zero-order valence-corrected chi connectivity index (χ0v) is 8.02. The molecule has 4 atom stereocenters. The van der Waals surface area contributed by atoms with Gasteiger partial charge in [-0.1, -0.05) is 6.92 Å². The summed E-state index contributed by atoms with van der Waals surface area (Å²) in [6.45, 7) is 5.63. The molecule has 2 fully saturated rings.